The fraction of sp³-hybridized carbons (Fsp3) is 0.696. The van der Waals surface area contributed by atoms with E-state index in [-0.39, 0.29) is 44.3 Å². The molecule has 5 heterocycles. The summed E-state index contributed by atoms with van der Waals surface area (Å²) in [5, 5.41) is 33.5. The summed E-state index contributed by atoms with van der Waals surface area (Å²) in [5.74, 6) is -6.24. The predicted octanol–water partition coefficient (Wildman–Crippen LogP) is 4.02. The fourth-order valence-corrected chi connectivity index (χ4v) is 9.88. The number of carbonyl (C=O) groups is 4. The van der Waals surface area contributed by atoms with Gasteiger partial charge < -0.3 is 54.7 Å². The summed E-state index contributed by atoms with van der Waals surface area (Å²) >= 11 is 1.31. The number of nitrogens with zero attached hydrogens (tertiary/aromatic N) is 5. The summed E-state index contributed by atoms with van der Waals surface area (Å²) in [6, 6.07) is 2.39. The van der Waals surface area contributed by atoms with Gasteiger partial charge in [-0.25, -0.2) is 19.2 Å². The van der Waals surface area contributed by atoms with Crippen molar-refractivity contribution in [1.29, 1.82) is 0 Å². The summed E-state index contributed by atoms with van der Waals surface area (Å²) in [7, 11) is 3.61. The zero-order valence-electron chi connectivity index (χ0n) is 40.5. The number of ketones is 1. The van der Waals surface area contributed by atoms with Gasteiger partial charge in [-0.15, -0.1) is 11.3 Å². The molecule has 67 heavy (non-hydrogen) atoms. The number of cyclic esters (lactones) is 1. The minimum absolute atomic E-state index is 0.0236. The SMILES string of the molecule is CC[C@H]1OC(=O)[C@@](C)(F)C(=O)[C@H](C)[C@@H](O[C@@H]2O[C@H](C)C[C@H](N(C)C)[C@H]2O)[C@@]2(C)C[C@@H](C)C(=NC(C)=O)[C@H](C)[C@@H](OC/C(=N\OCc3ccc(-c4nc(NC(=O)[C@H](C)N)cs4)cn3)CO2)[C@]1(C)O. The quantitative estimate of drug-likeness (QED) is 0.149. The third-order valence-corrected chi connectivity index (χ3v) is 13.7. The van der Waals surface area contributed by atoms with Gasteiger partial charge in [-0.05, 0) is 86.0 Å². The van der Waals surface area contributed by atoms with E-state index in [1.54, 1.807) is 72.4 Å². The molecule has 0 radical (unpaired) electrons. The maximum Gasteiger partial charge on any atom is 0.351 e. The lowest BCUT2D eigenvalue weighted by atomic mass is 9.73. The Hall–Kier alpha value is -4.19. The number of amides is 2. The van der Waals surface area contributed by atoms with Crippen LogP contribution in [-0.4, -0.2) is 153 Å². The molecule has 2 aromatic rings. The predicted molar refractivity (Wildman–Crippen MR) is 247 cm³/mol. The number of alkyl halides is 1. The summed E-state index contributed by atoms with van der Waals surface area (Å²) in [6.45, 7) is 14.3. The Morgan fingerprint density at radius 3 is 2.45 bits per heavy atom. The number of fused-ring (bicyclic) bond motifs is 5. The van der Waals surface area contributed by atoms with Gasteiger partial charge in [-0.1, -0.05) is 32.9 Å². The Balaban J connectivity index is 1.59. The van der Waals surface area contributed by atoms with Gasteiger partial charge in [0.1, 0.15) is 34.3 Å². The van der Waals surface area contributed by atoms with Gasteiger partial charge in [-0.2, -0.15) is 0 Å². The zero-order chi connectivity index (χ0) is 49.8. The number of nitrogens with one attached hydrogen (secondary N) is 1. The number of aromatic nitrogens is 2. The number of likely N-dealkylation sites (N-methyl/N-ethyl adjacent to an activating group) is 1. The summed E-state index contributed by atoms with van der Waals surface area (Å²) in [5.41, 5.74) is 0.383. The molecule has 2 amide bonds. The van der Waals surface area contributed by atoms with E-state index in [1.807, 2.05) is 11.8 Å². The maximum atomic E-state index is 17.0. The molecule has 19 nitrogen and oxygen atoms in total. The highest BCUT2D eigenvalue weighted by Crippen LogP contribution is 2.41. The molecule has 0 unspecified atom stereocenters. The Morgan fingerprint density at radius 2 is 1.84 bits per heavy atom. The van der Waals surface area contributed by atoms with Crippen molar-refractivity contribution in [2.45, 2.75) is 161 Å². The molecule has 3 aliphatic heterocycles. The van der Waals surface area contributed by atoms with E-state index in [9.17, 15) is 29.4 Å². The number of halogens is 1. The van der Waals surface area contributed by atoms with Crippen LogP contribution in [0.25, 0.3) is 10.6 Å². The highest BCUT2D eigenvalue weighted by Gasteiger charge is 2.56. The van der Waals surface area contributed by atoms with Crippen LogP contribution in [0.5, 0.6) is 0 Å². The second-order valence-corrected chi connectivity index (χ2v) is 19.7. The number of hydrogen-bond donors (Lipinski definition) is 4. The normalized spacial score (nSPS) is 36.4. The highest BCUT2D eigenvalue weighted by atomic mass is 32.1. The molecule has 0 aliphatic carbocycles. The Morgan fingerprint density at radius 1 is 1.13 bits per heavy atom. The first-order valence-corrected chi connectivity index (χ1v) is 23.5. The number of ether oxygens (including phenoxy) is 5. The summed E-state index contributed by atoms with van der Waals surface area (Å²) in [6.07, 6.45) is -5.11. The third-order valence-electron chi connectivity index (χ3n) is 12.8. The molecule has 0 saturated carbocycles. The lowest BCUT2D eigenvalue weighted by Crippen LogP contribution is -2.61. The number of rotatable bonds is 10. The molecule has 5 rings (SSSR count). The number of aliphatic hydroxyl groups is 2. The number of aliphatic imine (C=N–C) groups is 1. The van der Waals surface area contributed by atoms with E-state index in [1.165, 1.54) is 32.1 Å². The van der Waals surface area contributed by atoms with Crippen LogP contribution in [0.15, 0.2) is 33.9 Å². The van der Waals surface area contributed by atoms with E-state index in [0.29, 0.717) is 34.2 Å². The van der Waals surface area contributed by atoms with Crippen molar-refractivity contribution in [2.24, 2.45) is 33.6 Å². The number of thiazole rings is 1. The van der Waals surface area contributed by atoms with Crippen LogP contribution in [0.4, 0.5) is 10.2 Å². The molecular formula is C46H68FN7O12S. The van der Waals surface area contributed by atoms with Gasteiger partial charge in [0.25, 0.3) is 5.67 Å². The number of aliphatic hydroxyl groups excluding tert-OH is 1. The number of pyridine rings is 1. The van der Waals surface area contributed by atoms with Gasteiger partial charge in [0, 0.05) is 47.7 Å². The fourth-order valence-electron chi connectivity index (χ4n) is 9.14. The van der Waals surface area contributed by atoms with Crippen LogP contribution in [0.2, 0.25) is 0 Å². The Bertz CT molecular complexity index is 2130. The van der Waals surface area contributed by atoms with Gasteiger partial charge in [0.15, 0.2) is 18.7 Å². The molecule has 21 heteroatoms. The number of anilines is 1. The molecule has 3 aliphatic rings. The summed E-state index contributed by atoms with van der Waals surface area (Å²) < 4.78 is 48.9. The minimum atomic E-state index is -3.24. The number of nitrogens with two attached hydrogens (primary N) is 1. The van der Waals surface area contributed by atoms with E-state index in [0.717, 1.165) is 6.92 Å². The summed E-state index contributed by atoms with van der Waals surface area (Å²) in [4.78, 5) is 74.4. The monoisotopic (exact) mass is 961 g/mol. The molecule has 0 aromatic carbocycles. The van der Waals surface area contributed by atoms with Gasteiger partial charge in [0.05, 0.1) is 48.9 Å². The van der Waals surface area contributed by atoms with Crippen molar-refractivity contribution in [3.8, 4) is 10.6 Å². The van der Waals surface area contributed by atoms with E-state index in [4.69, 9.17) is 34.3 Å². The van der Waals surface area contributed by atoms with Crippen molar-refractivity contribution in [1.82, 2.24) is 14.9 Å². The van der Waals surface area contributed by atoms with Gasteiger partial charge >= 0.3 is 5.97 Å². The maximum absolute atomic E-state index is 17.0. The number of esters is 1. The van der Waals surface area contributed by atoms with E-state index < -0.39 is 101 Å². The van der Waals surface area contributed by atoms with Crippen LogP contribution in [-0.2, 0) is 54.3 Å². The first-order chi connectivity index (χ1) is 31.3. The third kappa shape index (κ3) is 12.5. The van der Waals surface area contributed by atoms with E-state index >= 15 is 4.39 Å². The minimum Gasteiger partial charge on any atom is -0.457 e. The van der Waals surface area contributed by atoms with Crippen LogP contribution in [0.1, 0.15) is 94.2 Å². The van der Waals surface area contributed by atoms with Crippen molar-refractivity contribution < 1.29 is 62.3 Å². The number of oxime groups is 1. The van der Waals surface area contributed by atoms with Crippen molar-refractivity contribution >= 4 is 52.1 Å². The first-order valence-electron chi connectivity index (χ1n) is 22.6. The Kier molecular flexibility index (Phi) is 17.7. The molecule has 372 valence electrons. The average molecular weight is 962 g/mol. The van der Waals surface area contributed by atoms with E-state index in [2.05, 4.69) is 25.4 Å². The molecule has 3 saturated heterocycles. The molecular weight excluding hydrogens is 894 g/mol. The number of hydrogen-bond acceptors (Lipinski definition) is 18. The lowest BCUT2D eigenvalue weighted by molar-refractivity contribution is -0.296. The molecule has 0 spiro atoms. The van der Waals surface area contributed by atoms with Crippen molar-refractivity contribution in [3.63, 3.8) is 0 Å². The zero-order valence-corrected chi connectivity index (χ0v) is 41.3. The molecule has 2 aromatic heterocycles. The van der Waals surface area contributed by atoms with Gasteiger partial charge in [0.2, 0.25) is 11.8 Å². The smallest absolute Gasteiger partial charge is 0.351 e. The van der Waals surface area contributed by atoms with Crippen molar-refractivity contribution in [3.05, 3.63) is 29.4 Å². The number of Topliss-reactive ketones (excluding diaryl/α,β-unsaturated/α-hetero) is 1. The lowest BCUT2D eigenvalue weighted by Gasteiger charge is -2.47. The largest absolute Gasteiger partial charge is 0.457 e. The molecule has 5 N–H and O–H groups in total. The average Bonchev–Trinajstić information content (AvgIpc) is 3.72. The second kappa shape index (κ2) is 22.1. The highest BCUT2D eigenvalue weighted by molar-refractivity contribution is 7.13. The first kappa shape index (κ1) is 53.8. The van der Waals surface area contributed by atoms with Crippen LogP contribution >= 0.6 is 11.3 Å². The van der Waals surface area contributed by atoms with Crippen LogP contribution < -0.4 is 11.1 Å². The van der Waals surface area contributed by atoms with Crippen molar-refractivity contribution in [2.75, 3.05) is 32.6 Å². The second-order valence-electron chi connectivity index (χ2n) is 18.9. The topological polar surface area (TPSA) is 256 Å². The molecule has 2 bridgehead atoms. The van der Waals surface area contributed by atoms with Crippen LogP contribution in [0.3, 0.4) is 0 Å². The number of carbonyl (C=O) groups excluding carboxylic acids is 4. The standard InChI is InChI=1S/C46H68FN7O12S/c1-13-33-46(10,60)39-25(4)35(50-28(7)55)23(2)17-44(8,38(26(5)37(57)45(9,47)43(59)65-33)66-42-36(56)32(54(11)12)16-24(3)64-42)62-20-31(19-61-39)53-63-21-30-15-14-29(18-49-30)41-52-34(22-67-41)51-40(58)27(6)48/h14-15,18,22-27,32-33,36,38-39,42,56,60H,13,16-17,19-21,48H2,1-12H3,(H,51,58)/b50-35?,53-31+/t23-,24-,25+,26+,27+,32+,33-,36-,38-,39-,42+,44-,45+,46-/m1/s1. The van der Waals surface area contributed by atoms with Crippen LogP contribution in [0, 0.1) is 17.8 Å². The van der Waals surface area contributed by atoms with Gasteiger partial charge in [-0.3, -0.25) is 19.4 Å². The Labute approximate surface area is 395 Å². The molecule has 3 fully saturated rings. The molecule has 14 atom stereocenters.